The zero-order chi connectivity index (χ0) is 11.2. The van der Waals surface area contributed by atoms with Crippen LogP contribution in [-0.2, 0) is 4.74 Å². The van der Waals surface area contributed by atoms with Crippen molar-refractivity contribution in [2.24, 2.45) is 0 Å². The van der Waals surface area contributed by atoms with Crippen LogP contribution in [0.2, 0.25) is 0 Å². The summed E-state index contributed by atoms with van der Waals surface area (Å²) in [5, 5.41) is 8.78. The second-order valence-corrected chi connectivity index (χ2v) is 4.00. The largest absolute Gasteiger partial charge is 0.491 e. The fourth-order valence-electron chi connectivity index (χ4n) is 2.11. The van der Waals surface area contributed by atoms with E-state index in [1.54, 1.807) is 0 Å². The Kier molecular flexibility index (Phi) is 4.19. The molecule has 0 amide bonds. The highest BCUT2D eigenvalue weighted by atomic mass is 16.5. The van der Waals surface area contributed by atoms with E-state index in [1.807, 2.05) is 18.2 Å². The van der Waals surface area contributed by atoms with Crippen LogP contribution in [0.3, 0.4) is 0 Å². The highest BCUT2D eigenvalue weighted by molar-refractivity contribution is 5.36. The Morgan fingerprint density at radius 2 is 2.00 bits per heavy atom. The van der Waals surface area contributed by atoms with Gasteiger partial charge in [-0.15, -0.1) is 0 Å². The van der Waals surface area contributed by atoms with Crippen LogP contribution in [0.5, 0.6) is 5.75 Å². The maximum Gasteiger partial charge on any atom is 0.122 e. The predicted octanol–water partition coefficient (Wildman–Crippen LogP) is 1.95. The Labute approximate surface area is 96.0 Å². The molecule has 1 aliphatic rings. The third-order valence-corrected chi connectivity index (χ3v) is 2.93. The number of benzene rings is 1. The second-order valence-electron chi connectivity index (χ2n) is 4.00. The van der Waals surface area contributed by atoms with Gasteiger partial charge in [0.05, 0.1) is 6.61 Å². The molecular formula is C13H18O3. The van der Waals surface area contributed by atoms with Crippen LogP contribution in [0.1, 0.15) is 24.3 Å². The standard InChI is InChI=1S/C13H18O3/c14-7-10-16-13-4-2-1-3-12(13)11-5-8-15-9-6-11/h1-4,11,14H,5-10H2. The minimum Gasteiger partial charge on any atom is -0.491 e. The third-order valence-electron chi connectivity index (χ3n) is 2.93. The summed E-state index contributed by atoms with van der Waals surface area (Å²) < 4.78 is 10.9. The van der Waals surface area contributed by atoms with Gasteiger partial charge in [0.2, 0.25) is 0 Å². The number of aliphatic hydroxyl groups is 1. The number of hydrogen-bond donors (Lipinski definition) is 1. The van der Waals surface area contributed by atoms with Crippen molar-refractivity contribution in [3.05, 3.63) is 29.8 Å². The molecule has 1 heterocycles. The predicted molar refractivity (Wildman–Crippen MR) is 61.8 cm³/mol. The fraction of sp³-hybridized carbons (Fsp3) is 0.538. The van der Waals surface area contributed by atoms with Gasteiger partial charge in [-0.05, 0) is 30.4 Å². The van der Waals surface area contributed by atoms with Gasteiger partial charge in [-0.1, -0.05) is 18.2 Å². The average molecular weight is 222 g/mol. The van der Waals surface area contributed by atoms with E-state index in [0.29, 0.717) is 12.5 Å². The molecule has 0 unspecified atom stereocenters. The van der Waals surface area contributed by atoms with Crippen LogP contribution in [0.4, 0.5) is 0 Å². The van der Waals surface area contributed by atoms with E-state index in [-0.39, 0.29) is 6.61 Å². The van der Waals surface area contributed by atoms with Gasteiger partial charge in [0.25, 0.3) is 0 Å². The van der Waals surface area contributed by atoms with E-state index in [1.165, 1.54) is 5.56 Å². The zero-order valence-electron chi connectivity index (χ0n) is 9.39. The molecule has 0 atom stereocenters. The molecule has 16 heavy (non-hydrogen) atoms. The molecule has 1 saturated heterocycles. The Morgan fingerprint density at radius 1 is 1.25 bits per heavy atom. The van der Waals surface area contributed by atoms with Crippen molar-refractivity contribution in [3.63, 3.8) is 0 Å². The molecule has 1 aliphatic heterocycles. The number of rotatable bonds is 4. The minimum atomic E-state index is 0.0577. The third kappa shape index (κ3) is 2.74. The van der Waals surface area contributed by atoms with Crippen LogP contribution in [0, 0.1) is 0 Å². The van der Waals surface area contributed by atoms with Gasteiger partial charge in [-0.2, -0.15) is 0 Å². The van der Waals surface area contributed by atoms with Crippen molar-refractivity contribution < 1.29 is 14.6 Å². The highest BCUT2D eigenvalue weighted by Crippen LogP contribution is 2.33. The Hall–Kier alpha value is -1.06. The summed E-state index contributed by atoms with van der Waals surface area (Å²) in [7, 11) is 0. The lowest BCUT2D eigenvalue weighted by molar-refractivity contribution is 0.0844. The van der Waals surface area contributed by atoms with Crippen LogP contribution in [0.15, 0.2) is 24.3 Å². The Bertz CT molecular complexity index is 319. The minimum absolute atomic E-state index is 0.0577. The fourth-order valence-corrected chi connectivity index (χ4v) is 2.11. The second kappa shape index (κ2) is 5.87. The van der Waals surface area contributed by atoms with Crippen molar-refractivity contribution in [1.82, 2.24) is 0 Å². The van der Waals surface area contributed by atoms with Crippen molar-refractivity contribution >= 4 is 0 Å². The molecule has 88 valence electrons. The Balaban J connectivity index is 2.11. The first-order chi connectivity index (χ1) is 7.92. The van der Waals surface area contributed by atoms with E-state index in [9.17, 15) is 0 Å². The summed E-state index contributed by atoms with van der Waals surface area (Å²) in [6.07, 6.45) is 2.11. The van der Waals surface area contributed by atoms with Gasteiger partial charge < -0.3 is 14.6 Å². The van der Waals surface area contributed by atoms with Gasteiger partial charge in [0.1, 0.15) is 12.4 Å². The SMILES string of the molecule is OCCOc1ccccc1C1CCOCC1. The summed E-state index contributed by atoms with van der Waals surface area (Å²) in [6, 6.07) is 8.09. The molecule has 0 aromatic heterocycles. The van der Waals surface area contributed by atoms with E-state index in [4.69, 9.17) is 14.6 Å². The van der Waals surface area contributed by atoms with Crippen LogP contribution in [0.25, 0.3) is 0 Å². The summed E-state index contributed by atoms with van der Waals surface area (Å²) in [5.74, 6) is 1.44. The van der Waals surface area contributed by atoms with E-state index < -0.39 is 0 Å². The Morgan fingerprint density at radius 3 is 2.75 bits per heavy atom. The highest BCUT2D eigenvalue weighted by Gasteiger charge is 2.19. The maximum atomic E-state index is 8.78. The summed E-state index contributed by atoms with van der Waals surface area (Å²) in [6.45, 7) is 2.08. The molecule has 3 nitrogen and oxygen atoms in total. The molecule has 0 bridgehead atoms. The van der Waals surface area contributed by atoms with Gasteiger partial charge in [-0.25, -0.2) is 0 Å². The topological polar surface area (TPSA) is 38.7 Å². The van der Waals surface area contributed by atoms with Crippen molar-refractivity contribution in [3.8, 4) is 5.75 Å². The van der Waals surface area contributed by atoms with Gasteiger partial charge in [0, 0.05) is 13.2 Å². The smallest absolute Gasteiger partial charge is 0.122 e. The first-order valence-electron chi connectivity index (χ1n) is 5.82. The van der Waals surface area contributed by atoms with Crippen LogP contribution < -0.4 is 4.74 Å². The van der Waals surface area contributed by atoms with Crippen molar-refractivity contribution in [2.75, 3.05) is 26.4 Å². The monoisotopic (exact) mass is 222 g/mol. The van der Waals surface area contributed by atoms with Crippen LogP contribution in [-0.4, -0.2) is 31.5 Å². The molecule has 0 spiro atoms. The molecule has 1 N–H and O–H groups in total. The molecule has 0 radical (unpaired) electrons. The van der Waals surface area contributed by atoms with Gasteiger partial charge in [-0.3, -0.25) is 0 Å². The quantitative estimate of drug-likeness (QED) is 0.846. The van der Waals surface area contributed by atoms with E-state index >= 15 is 0 Å². The van der Waals surface area contributed by atoms with Gasteiger partial charge in [0.15, 0.2) is 0 Å². The molecule has 0 saturated carbocycles. The number of para-hydroxylation sites is 1. The number of ether oxygens (including phenoxy) is 2. The molecule has 1 aromatic carbocycles. The summed E-state index contributed by atoms with van der Waals surface area (Å²) in [4.78, 5) is 0. The molecule has 1 aromatic rings. The van der Waals surface area contributed by atoms with Crippen LogP contribution >= 0.6 is 0 Å². The molecule has 2 rings (SSSR count). The lowest BCUT2D eigenvalue weighted by Gasteiger charge is -2.24. The van der Waals surface area contributed by atoms with Crippen molar-refractivity contribution in [1.29, 1.82) is 0 Å². The van der Waals surface area contributed by atoms with Gasteiger partial charge >= 0.3 is 0 Å². The average Bonchev–Trinajstić information content (AvgIpc) is 2.38. The number of aliphatic hydroxyl groups excluding tert-OH is 1. The molecule has 0 aliphatic carbocycles. The molecule has 1 fully saturated rings. The normalized spacial score (nSPS) is 17.3. The van der Waals surface area contributed by atoms with E-state index in [0.717, 1.165) is 31.8 Å². The molecular weight excluding hydrogens is 204 g/mol. The summed E-state index contributed by atoms with van der Waals surface area (Å²) in [5.41, 5.74) is 1.25. The lowest BCUT2D eigenvalue weighted by Crippen LogP contribution is -2.15. The zero-order valence-corrected chi connectivity index (χ0v) is 9.39. The number of hydrogen-bond acceptors (Lipinski definition) is 3. The first kappa shape index (κ1) is 11.4. The van der Waals surface area contributed by atoms with Crippen molar-refractivity contribution in [2.45, 2.75) is 18.8 Å². The molecule has 3 heteroatoms. The summed E-state index contributed by atoms with van der Waals surface area (Å²) >= 11 is 0. The van der Waals surface area contributed by atoms with E-state index in [2.05, 4.69) is 6.07 Å². The maximum absolute atomic E-state index is 8.78. The first-order valence-corrected chi connectivity index (χ1v) is 5.82. The lowest BCUT2D eigenvalue weighted by atomic mass is 9.91.